The van der Waals surface area contributed by atoms with Gasteiger partial charge in [0.15, 0.2) is 6.10 Å². The number of methoxy groups -OCH3 is 1. The average Bonchev–Trinajstić information content (AvgIpc) is 2.73. The first-order chi connectivity index (χ1) is 14.6. The number of benzene rings is 2. The molecule has 10 heteroatoms. The van der Waals surface area contributed by atoms with Crippen molar-refractivity contribution in [3.05, 3.63) is 54.1 Å². The van der Waals surface area contributed by atoms with Gasteiger partial charge < -0.3 is 20.1 Å². The molecule has 0 aliphatic heterocycles. The van der Waals surface area contributed by atoms with Gasteiger partial charge in [0.2, 0.25) is 10.0 Å². The fourth-order valence-electron chi connectivity index (χ4n) is 2.57. The highest BCUT2D eigenvalue weighted by molar-refractivity contribution is 7.92. The van der Waals surface area contributed by atoms with E-state index in [9.17, 15) is 18.0 Å². The summed E-state index contributed by atoms with van der Waals surface area (Å²) in [7, 11) is -0.380. The summed E-state index contributed by atoms with van der Waals surface area (Å²) >= 11 is 0. The predicted octanol–water partition coefficient (Wildman–Crippen LogP) is 1.86. The lowest BCUT2D eigenvalue weighted by atomic mass is 10.1. The van der Waals surface area contributed by atoms with Gasteiger partial charge in [-0.3, -0.25) is 13.9 Å². The number of ether oxygens (including phenoxy) is 2. The molecule has 0 unspecified atom stereocenters. The minimum Gasteiger partial charge on any atom is -0.481 e. The standard InChI is InChI=1S/C21H27N3O6S/c1-15(30-17-11-9-16(10-12-17)24(2)31(4,27)28)20(25)23-19-8-6-5-7-18(19)21(26)22-13-14-29-3/h5-12,15H,13-14H2,1-4H3,(H,22,26)(H,23,25)/t15-/m0/s1. The Morgan fingerprint density at radius 1 is 1.10 bits per heavy atom. The fourth-order valence-corrected chi connectivity index (χ4v) is 3.07. The summed E-state index contributed by atoms with van der Waals surface area (Å²) < 4.78 is 34.9. The van der Waals surface area contributed by atoms with Gasteiger partial charge in [0, 0.05) is 20.7 Å². The summed E-state index contributed by atoms with van der Waals surface area (Å²) in [5.41, 5.74) is 1.16. The zero-order chi connectivity index (χ0) is 23.0. The highest BCUT2D eigenvalue weighted by atomic mass is 32.2. The Morgan fingerprint density at radius 2 is 1.74 bits per heavy atom. The van der Waals surface area contributed by atoms with Crippen LogP contribution in [0.15, 0.2) is 48.5 Å². The Labute approximate surface area is 182 Å². The molecule has 0 heterocycles. The molecule has 0 radical (unpaired) electrons. The molecule has 2 aromatic carbocycles. The highest BCUT2D eigenvalue weighted by Crippen LogP contribution is 2.22. The van der Waals surface area contributed by atoms with Crippen molar-refractivity contribution < 1.29 is 27.5 Å². The summed E-state index contributed by atoms with van der Waals surface area (Å²) in [5, 5.41) is 5.42. The van der Waals surface area contributed by atoms with Crippen molar-refractivity contribution in [1.29, 1.82) is 0 Å². The maximum Gasteiger partial charge on any atom is 0.265 e. The summed E-state index contributed by atoms with van der Waals surface area (Å²) in [6.07, 6.45) is 0.252. The molecule has 0 bridgehead atoms. The van der Waals surface area contributed by atoms with E-state index in [2.05, 4.69) is 10.6 Å². The Bertz CT molecular complexity index is 1010. The predicted molar refractivity (Wildman–Crippen MR) is 119 cm³/mol. The highest BCUT2D eigenvalue weighted by Gasteiger charge is 2.19. The molecule has 0 aromatic heterocycles. The number of hydrogen-bond donors (Lipinski definition) is 2. The molecule has 2 rings (SSSR count). The quantitative estimate of drug-likeness (QED) is 0.535. The molecule has 0 spiro atoms. The Kier molecular flexibility index (Phi) is 8.40. The number of carbonyl (C=O) groups excluding carboxylic acids is 2. The van der Waals surface area contributed by atoms with Crippen molar-refractivity contribution in [1.82, 2.24) is 5.32 Å². The molecule has 0 fully saturated rings. The number of hydrogen-bond acceptors (Lipinski definition) is 6. The maximum absolute atomic E-state index is 12.6. The van der Waals surface area contributed by atoms with E-state index in [0.29, 0.717) is 35.8 Å². The summed E-state index contributed by atoms with van der Waals surface area (Å²) in [4.78, 5) is 24.9. The smallest absolute Gasteiger partial charge is 0.265 e. The van der Waals surface area contributed by atoms with Gasteiger partial charge in [-0.15, -0.1) is 0 Å². The number of nitrogens with one attached hydrogen (secondary N) is 2. The second-order valence-corrected chi connectivity index (χ2v) is 8.78. The van der Waals surface area contributed by atoms with Crippen LogP contribution >= 0.6 is 0 Å². The van der Waals surface area contributed by atoms with Crippen LogP contribution in [0.5, 0.6) is 5.75 Å². The molecule has 0 aliphatic rings. The van der Waals surface area contributed by atoms with Crippen molar-refractivity contribution in [2.75, 3.05) is 43.2 Å². The lowest BCUT2D eigenvalue weighted by molar-refractivity contribution is -0.122. The first kappa shape index (κ1) is 24.2. The van der Waals surface area contributed by atoms with Crippen LogP contribution in [0, 0.1) is 0 Å². The van der Waals surface area contributed by atoms with Crippen LogP contribution < -0.4 is 19.7 Å². The number of anilines is 2. The van der Waals surface area contributed by atoms with E-state index in [1.807, 2.05) is 0 Å². The molecular formula is C21H27N3O6S. The van der Waals surface area contributed by atoms with Crippen molar-refractivity contribution in [3.63, 3.8) is 0 Å². The van der Waals surface area contributed by atoms with Gasteiger partial charge in [-0.1, -0.05) is 12.1 Å². The van der Waals surface area contributed by atoms with Crippen LogP contribution in [0.25, 0.3) is 0 Å². The number of nitrogens with zero attached hydrogens (tertiary/aromatic N) is 1. The molecule has 0 saturated carbocycles. The largest absolute Gasteiger partial charge is 0.481 e. The molecule has 31 heavy (non-hydrogen) atoms. The van der Waals surface area contributed by atoms with Crippen molar-refractivity contribution >= 4 is 33.2 Å². The van der Waals surface area contributed by atoms with Crippen molar-refractivity contribution in [3.8, 4) is 5.75 Å². The van der Waals surface area contributed by atoms with E-state index >= 15 is 0 Å². The molecule has 0 aliphatic carbocycles. The third-order valence-corrected chi connectivity index (χ3v) is 5.61. The summed E-state index contributed by atoms with van der Waals surface area (Å²) in [6, 6.07) is 13.0. The molecule has 168 valence electrons. The molecule has 2 aromatic rings. The Balaban J connectivity index is 2.03. The molecule has 0 saturated heterocycles. The molecule has 1 atom stereocenters. The van der Waals surface area contributed by atoms with E-state index in [1.165, 1.54) is 7.05 Å². The zero-order valence-electron chi connectivity index (χ0n) is 17.9. The van der Waals surface area contributed by atoms with Gasteiger partial charge in [-0.25, -0.2) is 8.42 Å². The van der Waals surface area contributed by atoms with E-state index < -0.39 is 22.0 Å². The second kappa shape index (κ2) is 10.8. The molecule has 2 N–H and O–H groups in total. The van der Waals surface area contributed by atoms with Crippen LogP contribution in [0.3, 0.4) is 0 Å². The van der Waals surface area contributed by atoms with Crippen LogP contribution in [0.1, 0.15) is 17.3 Å². The van der Waals surface area contributed by atoms with Gasteiger partial charge in [-0.2, -0.15) is 0 Å². The lowest BCUT2D eigenvalue weighted by Gasteiger charge is -2.19. The van der Waals surface area contributed by atoms with E-state index in [1.54, 1.807) is 62.6 Å². The van der Waals surface area contributed by atoms with E-state index in [4.69, 9.17) is 9.47 Å². The monoisotopic (exact) mass is 449 g/mol. The minimum atomic E-state index is -3.37. The molecular weight excluding hydrogens is 422 g/mol. The number of rotatable bonds is 10. The number of amides is 2. The van der Waals surface area contributed by atoms with Crippen LogP contribution in [0.2, 0.25) is 0 Å². The minimum absolute atomic E-state index is 0.326. The summed E-state index contributed by atoms with van der Waals surface area (Å²) in [5.74, 6) is -0.361. The lowest BCUT2D eigenvalue weighted by Crippen LogP contribution is -2.32. The SMILES string of the molecule is COCCNC(=O)c1ccccc1NC(=O)[C@H](C)Oc1ccc(N(C)S(C)(=O)=O)cc1. The first-order valence-electron chi connectivity index (χ1n) is 9.51. The topological polar surface area (TPSA) is 114 Å². The van der Waals surface area contributed by atoms with Gasteiger partial charge in [0.1, 0.15) is 5.75 Å². The van der Waals surface area contributed by atoms with Gasteiger partial charge in [0.05, 0.1) is 29.8 Å². The van der Waals surface area contributed by atoms with E-state index in [0.717, 1.165) is 10.6 Å². The maximum atomic E-state index is 12.6. The third kappa shape index (κ3) is 6.97. The number of carbonyl (C=O) groups is 2. The Morgan fingerprint density at radius 3 is 2.35 bits per heavy atom. The fraction of sp³-hybridized carbons (Fsp3) is 0.333. The van der Waals surface area contributed by atoms with Gasteiger partial charge in [-0.05, 0) is 43.3 Å². The Hall–Kier alpha value is -3.11. The van der Waals surface area contributed by atoms with Crippen molar-refractivity contribution in [2.45, 2.75) is 13.0 Å². The van der Waals surface area contributed by atoms with E-state index in [-0.39, 0.29) is 5.91 Å². The third-order valence-electron chi connectivity index (χ3n) is 4.40. The van der Waals surface area contributed by atoms with Crippen LogP contribution in [-0.4, -0.2) is 59.9 Å². The molecule has 2 amide bonds. The van der Waals surface area contributed by atoms with Crippen molar-refractivity contribution in [2.24, 2.45) is 0 Å². The van der Waals surface area contributed by atoms with Crippen LogP contribution in [-0.2, 0) is 19.6 Å². The first-order valence-corrected chi connectivity index (χ1v) is 11.4. The van der Waals surface area contributed by atoms with Gasteiger partial charge in [0.25, 0.3) is 11.8 Å². The zero-order valence-corrected chi connectivity index (χ0v) is 18.7. The molecule has 9 nitrogen and oxygen atoms in total. The normalized spacial score (nSPS) is 12.0. The van der Waals surface area contributed by atoms with Gasteiger partial charge >= 0.3 is 0 Å². The number of para-hydroxylation sites is 1. The average molecular weight is 450 g/mol. The van der Waals surface area contributed by atoms with Crippen LogP contribution in [0.4, 0.5) is 11.4 Å². The summed E-state index contributed by atoms with van der Waals surface area (Å²) in [6.45, 7) is 2.30. The second-order valence-electron chi connectivity index (χ2n) is 6.77. The number of sulfonamides is 1.